The molecule has 0 fully saturated rings. The van der Waals surface area contributed by atoms with E-state index >= 15 is 0 Å². The first-order chi connectivity index (χ1) is 16.4. The Morgan fingerprint density at radius 1 is 0.912 bits per heavy atom. The molecule has 1 atom stereocenters. The third kappa shape index (κ3) is 4.15. The molecule has 0 aliphatic carbocycles. The average molecular weight is 469 g/mol. The number of thioether (sulfide) groups is 1. The number of fused-ring (bicyclic) bond motifs is 1. The summed E-state index contributed by atoms with van der Waals surface area (Å²) in [4.78, 5) is 18.4. The maximum Gasteiger partial charge on any atom is 0.266 e. The second-order valence-electron chi connectivity index (χ2n) is 8.41. The molecular weight excluding hydrogens is 444 g/mol. The average Bonchev–Trinajstić information content (AvgIpc) is 3.31. The Kier molecular flexibility index (Phi) is 5.79. The van der Waals surface area contributed by atoms with Crippen molar-refractivity contribution in [1.29, 1.82) is 0 Å². The zero-order valence-electron chi connectivity index (χ0n) is 19.4. The van der Waals surface area contributed by atoms with E-state index in [0.717, 1.165) is 22.4 Å². The topological polar surface area (TPSA) is 73.8 Å². The first-order valence-electron chi connectivity index (χ1n) is 11.1. The molecule has 2 aromatic heterocycles. The second-order valence-corrected chi connectivity index (χ2v) is 9.72. The molecule has 0 amide bonds. The Bertz CT molecular complexity index is 1550. The van der Waals surface area contributed by atoms with Crippen molar-refractivity contribution in [1.82, 2.24) is 19.7 Å². The fourth-order valence-corrected chi connectivity index (χ4v) is 4.83. The molecule has 0 saturated carbocycles. The Morgan fingerprint density at radius 2 is 1.65 bits per heavy atom. The van der Waals surface area contributed by atoms with Crippen molar-refractivity contribution in [3.8, 4) is 17.1 Å². The summed E-state index contributed by atoms with van der Waals surface area (Å²) >= 11 is 1.43. The number of rotatable bonds is 5. The van der Waals surface area contributed by atoms with E-state index in [4.69, 9.17) is 9.40 Å². The van der Waals surface area contributed by atoms with E-state index in [9.17, 15) is 4.79 Å². The number of nitrogens with zero attached hydrogens (tertiary/aromatic N) is 4. The van der Waals surface area contributed by atoms with Gasteiger partial charge in [-0.1, -0.05) is 59.3 Å². The van der Waals surface area contributed by atoms with E-state index in [1.807, 2.05) is 88.4 Å². The summed E-state index contributed by atoms with van der Waals surface area (Å²) in [6.45, 7) is 8.06. The summed E-state index contributed by atoms with van der Waals surface area (Å²) in [7, 11) is 0. The van der Waals surface area contributed by atoms with Gasteiger partial charge in [0.25, 0.3) is 5.56 Å². The van der Waals surface area contributed by atoms with Crippen molar-refractivity contribution in [3.05, 3.63) is 99.7 Å². The molecule has 5 aromatic rings. The van der Waals surface area contributed by atoms with Crippen LogP contribution in [0.1, 0.15) is 34.8 Å². The molecule has 34 heavy (non-hydrogen) atoms. The molecule has 0 spiro atoms. The lowest BCUT2D eigenvalue weighted by Gasteiger charge is -2.17. The Labute approximate surface area is 201 Å². The van der Waals surface area contributed by atoms with E-state index in [0.29, 0.717) is 27.8 Å². The van der Waals surface area contributed by atoms with Gasteiger partial charge in [0.15, 0.2) is 5.16 Å². The van der Waals surface area contributed by atoms with Crippen molar-refractivity contribution in [2.45, 2.75) is 38.1 Å². The fraction of sp³-hybridized carbons (Fsp3) is 0.185. The largest absolute Gasteiger partial charge is 0.419 e. The third-order valence-electron chi connectivity index (χ3n) is 5.71. The number of aromatic nitrogens is 4. The monoisotopic (exact) mass is 468 g/mol. The van der Waals surface area contributed by atoms with Gasteiger partial charge in [0, 0.05) is 5.56 Å². The van der Waals surface area contributed by atoms with Crippen LogP contribution in [0.2, 0.25) is 0 Å². The van der Waals surface area contributed by atoms with Crippen LogP contribution in [0.15, 0.2) is 81.1 Å². The first-order valence-corrected chi connectivity index (χ1v) is 11.9. The summed E-state index contributed by atoms with van der Waals surface area (Å²) in [5, 5.41) is 9.46. The van der Waals surface area contributed by atoms with Crippen LogP contribution in [0.4, 0.5) is 0 Å². The van der Waals surface area contributed by atoms with Crippen molar-refractivity contribution in [3.63, 3.8) is 0 Å². The molecule has 0 saturated heterocycles. The van der Waals surface area contributed by atoms with E-state index in [2.05, 4.69) is 16.3 Å². The maximum absolute atomic E-state index is 13.6. The van der Waals surface area contributed by atoms with Crippen molar-refractivity contribution in [2.75, 3.05) is 0 Å². The second kappa shape index (κ2) is 8.91. The molecule has 0 bridgehead atoms. The highest BCUT2D eigenvalue weighted by Crippen LogP contribution is 2.35. The number of hydrogen-bond donors (Lipinski definition) is 0. The van der Waals surface area contributed by atoms with Crippen LogP contribution in [0.3, 0.4) is 0 Å². The minimum atomic E-state index is -0.211. The lowest BCUT2D eigenvalue weighted by molar-refractivity contribution is 0.508. The van der Waals surface area contributed by atoms with Gasteiger partial charge in [-0.25, -0.2) is 4.98 Å². The molecule has 6 nitrogen and oxygen atoms in total. The lowest BCUT2D eigenvalue weighted by atomic mass is 10.1. The van der Waals surface area contributed by atoms with Crippen LogP contribution < -0.4 is 5.56 Å². The highest BCUT2D eigenvalue weighted by atomic mass is 32.2. The first kappa shape index (κ1) is 22.1. The normalized spacial score (nSPS) is 12.2. The minimum Gasteiger partial charge on any atom is -0.419 e. The Balaban J connectivity index is 1.57. The van der Waals surface area contributed by atoms with Gasteiger partial charge in [-0.2, -0.15) is 0 Å². The zero-order valence-corrected chi connectivity index (χ0v) is 20.3. The minimum absolute atomic E-state index is 0.0990. The van der Waals surface area contributed by atoms with Crippen LogP contribution in [0.25, 0.3) is 28.0 Å². The van der Waals surface area contributed by atoms with E-state index in [1.54, 1.807) is 4.57 Å². The van der Waals surface area contributed by atoms with Crippen molar-refractivity contribution >= 4 is 22.7 Å². The molecule has 0 N–H and O–H groups in total. The van der Waals surface area contributed by atoms with Crippen LogP contribution in [-0.2, 0) is 0 Å². The van der Waals surface area contributed by atoms with Gasteiger partial charge >= 0.3 is 0 Å². The van der Waals surface area contributed by atoms with Gasteiger partial charge < -0.3 is 4.42 Å². The van der Waals surface area contributed by atoms with Crippen molar-refractivity contribution in [2.24, 2.45) is 0 Å². The number of benzene rings is 3. The molecule has 7 heteroatoms. The van der Waals surface area contributed by atoms with Gasteiger partial charge in [0.2, 0.25) is 11.8 Å². The van der Waals surface area contributed by atoms with Gasteiger partial charge in [-0.15, -0.1) is 10.2 Å². The predicted octanol–water partition coefficient (Wildman–Crippen LogP) is 6.21. The molecule has 3 aromatic carbocycles. The Hall–Kier alpha value is -3.71. The molecule has 0 aliphatic rings. The quantitative estimate of drug-likeness (QED) is 0.225. The highest BCUT2D eigenvalue weighted by Gasteiger charge is 2.21. The van der Waals surface area contributed by atoms with Gasteiger partial charge in [-0.05, 0) is 63.6 Å². The summed E-state index contributed by atoms with van der Waals surface area (Å²) in [5.41, 5.74) is 5.56. The van der Waals surface area contributed by atoms with E-state index in [1.165, 1.54) is 17.3 Å². The smallest absolute Gasteiger partial charge is 0.266 e. The molecule has 170 valence electrons. The zero-order chi connectivity index (χ0) is 23.8. The van der Waals surface area contributed by atoms with Crippen LogP contribution in [0, 0.1) is 20.8 Å². The van der Waals surface area contributed by atoms with Crippen LogP contribution >= 0.6 is 11.8 Å². The molecule has 2 heterocycles. The molecule has 1 unspecified atom stereocenters. The predicted molar refractivity (Wildman–Crippen MR) is 136 cm³/mol. The third-order valence-corrected chi connectivity index (χ3v) is 6.75. The lowest BCUT2D eigenvalue weighted by Crippen LogP contribution is -2.22. The van der Waals surface area contributed by atoms with Gasteiger partial charge in [-0.3, -0.25) is 9.36 Å². The molecule has 0 aliphatic heterocycles. The number of aryl methyl sites for hydroxylation is 3. The standard InChI is InChI=1S/C27H24N4O2S/c1-16-9-12-20(13-10-16)25-30-29-24(33-25)19(4)34-27-28-22-8-6-5-7-21(22)26(32)31(27)23-14-11-17(2)15-18(23)3/h5-15,19H,1-4H3. The number of para-hydroxylation sites is 1. The summed E-state index contributed by atoms with van der Waals surface area (Å²) in [5.74, 6) is 0.954. The summed E-state index contributed by atoms with van der Waals surface area (Å²) < 4.78 is 7.68. The molecule has 5 rings (SSSR count). The highest BCUT2D eigenvalue weighted by molar-refractivity contribution is 7.99. The number of hydrogen-bond acceptors (Lipinski definition) is 6. The van der Waals surface area contributed by atoms with Crippen LogP contribution in [-0.4, -0.2) is 19.7 Å². The van der Waals surface area contributed by atoms with E-state index < -0.39 is 0 Å². The summed E-state index contributed by atoms with van der Waals surface area (Å²) in [6, 6.07) is 21.4. The van der Waals surface area contributed by atoms with E-state index in [-0.39, 0.29) is 10.8 Å². The van der Waals surface area contributed by atoms with Gasteiger partial charge in [0.1, 0.15) is 0 Å². The Morgan fingerprint density at radius 3 is 2.41 bits per heavy atom. The van der Waals surface area contributed by atoms with Crippen LogP contribution in [0.5, 0.6) is 0 Å². The SMILES string of the molecule is Cc1ccc(-c2nnc(C(C)Sc3nc4ccccc4c(=O)n3-c3ccc(C)cc3C)o2)cc1. The maximum atomic E-state index is 13.6. The summed E-state index contributed by atoms with van der Waals surface area (Å²) in [6.07, 6.45) is 0. The fourth-order valence-electron chi connectivity index (χ4n) is 3.88. The molecular formula is C27H24N4O2S. The van der Waals surface area contributed by atoms with Crippen molar-refractivity contribution < 1.29 is 4.42 Å². The van der Waals surface area contributed by atoms with Gasteiger partial charge in [0.05, 0.1) is 21.8 Å². The molecule has 0 radical (unpaired) electrons.